The zero-order valence-electron chi connectivity index (χ0n) is 13.5. The van der Waals surface area contributed by atoms with E-state index >= 15 is 0 Å². The molecule has 20 heavy (non-hydrogen) atoms. The van der Waals surface area contributed by atoms with Crippen molar-refractivity contribution < 1.29 is 4.79 Å². The molecular weight excluding hydrogens is 248 g/mol. The van der Waals surface area contributed by atoms with Crippen molar-refractivity contribution in [3.05, 3.63) is 0 Å². The molecule has 118 valence electrons. The summed E-state index contributed by atoms with van der Waals surface area (Å²) in [5.74, 6) is 0.271. The van der Waals surface area contributed by atoms with Gasteiger partial charge in [0, 0.05) is 18.5 Å². The Morgan fingerprint density at radius 1 is 0.900 bits per heavy atom. The van der Waals surface area contributed by atoms with Crippen LogP contribution in [0, 0.1) is 0 Å². The van der Waals surface area contributed by atoms with Crippen LogP contribution in [0.1, 0.15) is 84.5 Å². The zero-order chi connectivity index (χ0) is 14.6. The van der Waals surface area contributed by atoms with E-state index in [1.807, 2.05) is 0 Å². The fourth-order valence-corrected chi connectivity index (χ4v) is 3.10. The lowest BCUT2D eigenvalue weighted by molar-refractivity contribution is -0.122. The van der Waals surface area contributed by atoms with Gasteiger partial charge in [-0.2, -0.15) is 0 Å². The van der Waals surface area contributed by atoms with Gasteiger partial charge in [0.1, 0.15) is 0 Å². The van der Waals surface area contributed by atoms with Gasteiger partial charge in [-0.25, -0.2) is 0 Å². The van der Waals surface area contributed by atoms with Crippen molar-refractivity contribution in [2.24, 2.45) is 0 Å². The smallest absolute Gasteiger partial charge is 0.220 e. The highest BCUT2D eigenvalue weighted by molar-refractivity contribution is 5.76. The quantitative estimate of drug-likeness (QED) is 0.599. The van der Waals surface area contributed by atoms with Gasteiger partial charge >= 0.3 is 0 Å². The van der Waals surface area contributed by atoms with Crippen molar-refractivity contribution in [3.8, 4) is 0 Å². The first kappa shape index (κ1) is 17.5. The number of amides is 1. The Morgan fingerprint density at radius 3 is 2.15 bits per heavy atom. The summed E-state index contributed by atoms with van der Waals surface area (Å²) in [4.78, 5) is 11.9. The average Bonchev–Trinajstić information content (AvgIpc) is 2.45. The zero-order valence-corrected chi connectivity index (χ0v) is 13.5. The first-order valence-corrected chi connectivity index (χ1v) is 8.79. The molecule has 0 aliphatic heterocycles. The summed E-state index contributed by atoms with van der Waals surface area (Å²) < 4.78 is 0. The van der Waals surface area contributed by atoms with Gasteiger partial charge in [0.15, 0.2) is 0 Å². The predicted molar refractivity (Wildman–Crippen MR) is 85.9 cm³/mol. The third kappa shape index (κ3) is 7.88. The molecule has 0 spiro atoms. The predicted octanol–water partition coefficient (Wildman–Crippen LogP) is 3.77. The van der Waals surface area contributed by atoms with Crippen LogP contribution >= 0.6 is 0 Å². The molecule has 1 amide bonds. The molecule has 1 aliphatic carbocycles. The van der Waals surface area contributed by atoms with E-state index < -0.39 is 0 Å². The molecule has 3 heteroatoms. The van der Waals surface area contributed by atoms with Gasteiger partial charge in [0.05, 0.1) is 0 Å². The van der Waals surface area contributed by atoms with Crippen LogP contribution in [-0.2, 0) is 4.79 Å². The highest BCUT2D eigenvalue weighted by atomic mass is 16.1. The number of carbonyl (C=O) groups is 1. The standard InChI is InChI=1S/C17H34N2O/c1-3-5-6-7-8-9-10-17(20)19-16-13-11-15(12-14-16)18-4-2/h15-16,18H,3-14H2,1-2H3,(H,19,20). The van der Waals surface area contributed by atoms with Crippen LogP contribution in [0.15, 0.2) is 0 Å². The summed E-state index contributed by atoms with van der Waals surface area (Å²) in [7, 11) is 0. The molecule has 0 atom stereocenters. The van der Waals surface area contributed by atoms with Crippen LogP contribution in [0.2, 0.25) is 0 Å². The number of hydrogen-bond acceptors (Lipinski definition) is 2. The van der Waals surface area contributed by atoms with E-state index in [4.69, 9.17) is 0 Å². The minimum Gasteiger partial charge on any atom is -0.353 e. The van der Waals surface area contributed by atoms with Crippen molar-refractivity contribution >= 4 is 5.91 Å². The minimum absolute atomic E-state index is 0.271. The van der Waals surface area contributed by atoms with Gasteiger partial charge in [-0.3, -0.25) is 4.79 Å². The van der Waals surface area contributed by atoms with Crippen molar-refractivity contribution in [3.63, 3.8) is 0 Å². The van der Waals surface area contributed by atoms with E-state index in [2.05, 4.69) is 24.5 Å². The Balaban J connectivity index is 2.00. The van der Waals surface area contributed by atoms with E-state index in [-0.39, 0.29) is 5.91 Å². The van der Waals surface area contributed by atoms with Gasteiger partial charge in [-0.1, -0.05) is 46.0 Å². The number of carbonyl (C=O) groups excluding carboxylic acids is 1. The summed E-state index contributed by atoms with van der Waals surface area (Å²) in [5.41, 5.74) is 0. The molecule has 3 nitrogen and oxygen atoms in total. The van der Waals surface area contributed by atoms with E-state index in [0.717, 1.165) is 32.2 Å². The normalized spacial score (nSPS) is 22.7. The Morgan fingerprint density at radius 2 is 1.50 bits per heavy atom. The molecule has 0 aromatic heterocycles. The molecule has 0 aromatic carbocycles. The molecule has 1 rings (SSSR count). The van der Waals surface area contributed by atoms with Gasteiger partial charge in [0.2, 0.25) is 5.91 Å². The first-order valence-electron chi connectivity index (χ1n) is 8.79. The topological polar surface area (TPSA) is 41.1 Å². The maximum absolute atomic E-state index is 11.9. The molecule has 0 radical (unpaired) electrons. The lowest BCUT2D eigenvalue weighted by atomic mass is 9.91. The number of hydrogen-bond donors (Lipinski definition) is 2. The Labute approximate surface area is 125 Å². The van der Waals surface area contributed by atoms with Crippen molar-refractivity contribution in [2.75, 3.05) is 6.54 Å². The largest absolute Gasteiger partial charge is 0.353 e. The van der Waals surface area contributed by atoms with E-state index in [9.17, 15) is 4.79 Å². The van der Waals surface area contributed by atoms with Gasteiger partial charge in [-0.05, 0) is 38.6 Å². The summed E-state index contributed by atoms with van der Waals surface area (Å²) >= 11 is 0. The van der Waals surface area contributed by atoms with Crippen molar-refractivity contribution in [1.29, 1.82) is 0 Å². The fraction of sp³-hybridized carbons (Fsp3) is 0.941. The van der Waals surface area contributed by atoms with E-state index in [0.29, 0.717) is 12.1 Å². The second kappa shape index (κ2) is 11.1. The van der Waals surface area contributed by atoms with Gasteiger partial charge in [0.25, 0.3) is 0 Å². The van der Waals surface area contributed by atoms with Crippen molar-refractivity contribution in [2.45, 2.75) is 96.6 Å². The second-order valence-electron chi connectivity index (χ2n) is 6.19. The molecule has 0 bridgehead atoms. The summed E-state index contributed by atoms with van der Waals surface area (Å²) in [6.07, 6.45) is 12.9. The van der Waals surface area contributed by atoms with Crippen molar-refractivity contribution in [1.82, 2.24) is 10.6 Å². The molecule has 1 aliphatic rings. The molecule has 0 heterocycles. The Kier molecular flexibility index (Phi) is 9.73. The van der Waals surface area contributed by atoms with Crippen LogP contribution in [0.3, 0.4) is 0 Å². The third-order valence-electron chi connectivity index (χ3n) is 4.34. The first-order chi connectivity index (χ1) is 9.76. The van der Waals surface area contributed by atoms with Crippen LogP contribution in [-0.4, -0.2) is 24.5 Å². The SMILES string of the molecule is CCCCCCCCC(=O)NC1CCC(NCC)CC1. The lowest BCUT2D eigenvalue weighted by Gasteiger charge is -2.29. The van der Waals surface area contributed by atoms with Crippen LogP contribution in [0.4, 0.5) is 0 Å². The maximum atomic E-state index is 11.9. The molecule has 1 fully saturated rings. The Bertz CT molecular complexity index is 247. The van der Waals surface area contributed by atoms with Crippen LogP contribution in [0.5, 0.6) is 0 Å². The highest BCUT2D eigenvalue weighted by Gasteiger charge is 2.21. The maximum Gasteiger partial charge on any atom is 0.220 e. The molecule has 1 saturated carbocycles. The molecular formula is C17H34N2O. The van der Waals surface area contributed by atoms with Crippen LogP contribution < -0.4 is 10.6 Å². The average molecular weight is 282 g/mol. The third-order valence-corrected chi connectivity index (χ3v) is 4.34. The summed E-state index contributed by atoms with van der Waals surface area (Å²) in [6.45, 7) is 5.45. The minimum atomic E-state index is 0.271. The van der Waals surface area contributed by atoms with Gasteiger partial charge < -0.3 is 10.6 Å². The van der Waals surface area contributed by atoms with Crippen LogP contribution in [0.25, 0.3) is 0 Å². The number of nitrogens with one attached hydrogen (secondary N) is 2. The fourth-order valence-electron chi connectivity index (χ4n) is 3.10. The number of rotatable bonds is 10. The lowest BCUT2D eigenvalue weighted by Crippen LogP contribution is -2.42. The molecule has 0 unspecified atom stereocenters. The highest BCUT2D eigenvalue weighted by Crippen LogP contribution is 2.18. The summed E-state index contributed by atoms with van der Waals surface area (Å²) in [6, 6.07) is 1.10. The van der Waals surface area contributed by atoms with E-state index in [1.54, 1.807) is 0 Å². The summed E-state index contributed by atoms with van der Waals surface area (Å²) in [5, 5.41) is 6.72. The number of unbranched alkanes of at least 4 members (excludes halogenated alkanes) is 5. The van der Waals surface area contributed by atoms with Gasteiger partial charge in [-0.15, -0.1) is 0 Å². The Hall–Kier alpha value is -0.570. The molecule has 0 saturated heterocycles. The molecule has 2 N–H and O–H groups in total. The van der Waals surface area contributed by atoms with E-state index in [1.165, 1.54) is 44.9 Å². The monoisotopic (exact) mass is 282 g/mol. The molecule has 0 aromatic rings. The second-order valence-corrected chi connectivity index (χ2v) is 6.19.